The zero-order valence-corrected chi connectivity index (χ0v) is 8.49. The van der Waals surface area contributed by atoms with Crippen molar-refractivity contribution in [3.05, 3.63) is 12.2 Å². The summed E-state index contributed by atoms with van der Waals surface area (Å²) in [5.41, 5.74) is 0. The highest BCUT2D eigenvalue weighted by molar-refractivity contribution is 5.66. The van der Waals surface area contributed by atoms with E-state index in [2.05, 4.69) is 6.92 Å². The molecule has 3 heteroatoms. The van der Waals surface area contributed by atoms with Gasteiger partial charge in [-0.25, -0.2) is 0 Å². The van der Waals surface area contributed by atoms with Crippen LogP contribution in [0.25, 0.3) is 0 Å². The lowest BCUT2D eigenvalue weighted by Gasteiger charge is -1.79. The van der Waals surface area contributed by atoms with Gasteiger partial charge in [-0.1, -0.05) is 32.4 Å². The molecule has 0 aliphatic carbocycles. The zero-order valence-electron chi connectivity index (χ0n) is 8.49. The number of rotatable bonds is 5. The van der Waals surface area contributed by atoms with Gasteiger partial charge in [-0.15, -0.1) is 0 Å². The van der Waals surface area contributed by atoms with E-state index in [0.29, 0.717) is 6.42 Å². The Balaban J connectivity index is 0. The van der Waals surface area contributed by atoms with Crippen molar-refractivity contribution in [1.82, 2.24) is 0 Å². The molecule has 0 saturated heterocycles. The van der Waals surface area contributed by atoms with Crippen LogP contribution in [-0.2, 0) is 4.79 Å². The van der Waals surface area contributed by atoms with Crippen molar-refractivity contribution >= 4 is 5.97 Å². The van der Waals surface area contributed by atoms with E-state index in [0.717, 1.165) is 19.3 Å². The zero-order chi connectivity index (χ0) is 10.5. The lowest BCUT2D eigenvalue weighted by Crippen LogP contribution is -1.90. The van der Waals surface area contributed by atoms with Gasteiger partial charge in [0.2, 0.25) is 0 Å². The first-order valence-corrected chi connectivity index (χ1v) is 4.66. The molecular weight excluding hydrogens is 168 g/mol. The van der Waals surface area contributed by atoms with Crippen LogP contribution in [-0.4, -0.2) is 22.8 Å². The average molecular weight is 188 g/mol. The molecule has 0 rings (SSSR count). The van der Waals surface area contributed by atoms with Crippen LogP contribution in [0.1, 0.15) is 39.5 Å². The molecule has 0 aliphatic rings. The molecule has 0 amide bonds. The van der Waals surface area contributed by atoms with E-state index in [1.165, 1.54) is 0 Å². The van der Waals surface area contributed by atoms with Crippen molar-refractivity contribution in [1.29, 1.82) is 0 Å². The highest BCUT2D eigenvalue weighted by Gasteiger charge is 1.87. The van der Waals surface area contributed by atoms with Crippen molar-refractivity contribution in [3.63, 3.8) is 0 Å². The Hall–Kier alpha value is -0.830. The molecule has 0 aromatic rings. The van der Waals surface area contributed by atoms with E-state index in [4.69, 9.17) is 10.2 Å². The van der Waals surface area contributed by atoms with Gasteiger partial charge in [-0.2, -0.15) is 0 Å². The van der Waals surface area contributed by atoms with Crippen molar-refractivity contribution in [2.24, 2.45) is 0 Å². The number of hydrogen-bond acceptors (Lipinski definition) is 2. The maximum atomic E-state index is 9.60. The maximum Gasteiger partial charge on any atom is 0.303 e. The second-order valence-electron chi connectivity index (χ2n) is 2.59. The number of carboxylic acid groups (broad SMARTS) is 1. The summed E-state index contributed by atoms with van der Waals surface area (Å²) in [6.07, 6.45) is 7.02. The Morgan fingerprint density at radius 2 is 1.85 bits per heavy atom. The molecule has 3 nitrogen and oxygen atoms in total. The minimum atomic E-state index is -0.711. The molecule has 0 unspecified atom stereocenters. The van der Waals surface area contributed by atoms with Gasteiger partial charge in [0.15, 0.2) is 0 Å². The molecule has 78 valence electrons. The summed E-state index contributed by atoms with van der Waals surface area (Å²) in [5.74, 6) is -0.711. The summed E-state index contributed by atoms with van der Waals surface area (Å²) < 4.78 is 0. The minimum absolute atomic E-state index is 0.181. The van der Waals surface area contributed by atoms with Gasteiger partial charge in [-0.3, -0.25) is 4.79 Å². The summed E-state index contributed by atoms with van der Waals surface area (Å²) in [6.45, 7) is 4.13. The van der Waals surface area contributed by atoms with Crippen LogP contribution in [0.2, 0.25) is 0 Å². The summed E-state index contributed by atoms with van der Waals surface area (Å²) in [6, 6.07) is 0. The molecule has 0 spiro atoms. The van der Waals surface area contributed by atoms with Crippen molar-refractivity contribution < 1.29 is 15.0 Å². The normalized spacial score (nSPS) is 9.46. The van der Waals surface area contributed by atoms with E-state index in [1.54, 1.807) is 6.08 Å². The van der Waals surface area contributed by atoms with Gasteiger partial charge in [0.05, 0.1) is 6.61 Å². The Morgan fingerprint density at radius 1 is 1.23 bits per heavy atom. The number of aliphatic hydroxyl groups excluding tert-OH is 1. The van der Waals surface area contributed by atoms with Crippen LogP contribution in [0.4, 0.5) is 0 Å². The first kappa shape index (κ1) is 14.7. The van der Waals surface area contributed by atoms with E-state index in [1.807, 2.05) is 13.0 Å². The predicted octanol–water partition coefficient (Wildman–Crippen LogP) is 2.21. The van der Waals surface area contributed by atoms with Gasteiger partial charge in [-0.05, 0) is 12.8 Å². The third-order valence-corrected chi connectivity index (χ3v) is 1.19. The van der Waals surface area contributed by atoms with Gasteiger partial charge >= 0.3 is 5.97 Å². The first-order valence-electron chi connectivity index (χ1n) is 4.66. The van der Waals surface area contributed by atoms with Crippen LogP contribution in [0.15, 0.2) is 12.2 Å². The van der Waals surface area contributed by atoms with Gasteiger partial charge < -0.3 is 10.2 Å². The van der Waals surface area contributed by atoms with Gasteiger partial charge in [0, 0.05) is 6.42 Å². The van der Waals surface area contributed by atoms with E-state index in [-0.39, 0.29) is 6.61 Å². The molecule has 0 saturated carbocycles. The molecular formula is C10H20O3. The molecule has 0 atom stereocenters. The second-order valence-corrected chi connectivity index (χ2v) is 2.59. The minimum Gasteiger partial charge on any atom is -0.481 e. The van der Waals surface area contributed by atoms with E-state index < -0.39 is 5.97 Å². The van der Waals surface area contributed by atoms with Crippen molar-refractivity contribution in [3.8, 4) is 0 Å². The number of hydrogen-bond donors (Lipinski definition) is 2. The lowest BCUT2D eigenvalue weighted by atomic mass is 10.3. The maximum absolute atomic E-state index is 9.60. The molecule has 0 aromatic heterocycles. The average Bonchev–Trinajstić information content (AvgIpc) is 2.06. The molecule has 13 heavy (non-hydrogen) atoms. The predicted molar refractivity (Wildman–Crippen MR) is 53.7 cm³/mol. The van der Waals surface area contributed by atoms with Crippen molar-refractivity contribution in [2.75, 3.05) is 6.61 Å². The van der Waals surface area contributed by atoms with Crippen LogP contribution >= 0.6 is 0 Å². The summed E-state index contributed by atoms with van der Waals surface area (Å²) >= 11 is 0. The quantitative estimate of drug-likeness (QED) is 0.650. The Morgan fingerprint density at radius 3 is 2.08 bits per heavy atom. The number of carbonyl (C=O) groups is 1. The highest BCUT2D eigenvalue weighted by Crippen LogP contribution is 1.85. The third kappa shape index (κ3) is 24.7. The highest BCUT2D eigenvalue weighted by atomic mass is 16.4. The Kier molecular flexibility index (Phi) is 15.5. The molecule has 2 N–H and O–H groups in total. The summed E-state index contributed by atoms with van der Waals surface area (Å²) in [5, 5.41) is 16.1. The van der Waals surface area contributed by atoms with Crippen LogP contribution in [0, 0.1) is 0 Å². The van der Waals surface area contributed by atoms with E-state index in [9.17, 15) is 4.79 Å². The van der Waals surface area contributed by atoms with Gasteiger partial charge in [0.1, 0.15) is 0 Å². The number of carboxylic acids is 1. The fraction of sp³-hybridized carbons (Fsp3) is 0.700. The number of aliphatic hydroxyl groups is 1. The van der Waals surface area contributed by atoms with E-state index >= 15 is 0 Å². The van der Waals surface area contributed by atoms with Gasteiger partial charge in [0.25, 0.3) is 0 Å². The van der Waals surface area contributed by atoms with Crippen LogP contribution in [0.5, 0.6) is 0 Å². The van der Waals surface area contributed by atoms with Crippen LogP contribution < -0.4 is 0 Å². The largest absolute Gasteiger partial charge is 0.481 e. The molecule has 0 aromatic carbocycles. The molecule has 0 bridgehead atoms. The molecule has 0 heterocycles. The standard InChI is InChI=1S/C6H12O.C4H8O2/c1-2-3-4-5-6-7;1-2-3-4(5)6/h4-5,7H,2-3,6H2,1H3;2-3H2,1H3,(H,5,6). The molecule has 0 radical (unpaired) electrons. The first-order chi connectivity index (χ1) is 6.18. The fourth-order valence-corrected chi connectivity index (χ4v) is 0.573. The number of unbranched alkanes of at least 4 members (excludes halogenated alkanes) is 1. The number of aliphatic carboxylic acids is 1. The monoisotopic (exact) mass is 188 g/mol. The Labute approximate surface area is 80.1 Å². The summed E-state index contributed by atoms with van der Waals surface area (Å²) in [4.78, 5) is 9.60. The fourth-order valence-electron chi connectivity index (χ4n) is 0.573. The second kappa shape index (κ2) is 13.7. The van der Waals surface area contributed by atoms with Crippen LogP contribution in [0.3, 0.4) is 0 Å². The Bertz CT molecular complexity index is 130. The smallest absolute Gasteiger partial charge is 0.303 e. The van der Waals surface area contributed by atoms with Crippen molar-refractivity contribution in [2.45, 2.75) is 39.5 Å². The topological polar surface area (TPSA) is 57.5 Å². The molecule has 0 fully saturated rings. The SMILES string of the molecule is CCCC(=O)O.CCCC=CCO. The number of allylic oxidation sites excluding steroid dienone is 1. The lowest BCUT2D eigenvalue weighted by molar-refractivity contribution is -0.137. The third-order valence-electron chi connectivity index (χ3n) is 1.19. The summed E-state index contributed by atoms with van der Waals surface area (Å²) in [7, 11) is 0. The molecule has 0 aliphatic heterocycles.